The number of carbonyl (C=O) groups excluding carboxylic acids is 3. The largest absolute Gasteiger partial charge is 0.460 e. The molecule has 0 unspecified atom stereocenters. The lowest BCUT2D eigenvalue weighted by Crippen LogP contribution is -2.37. The number of imide groups is 1. The lowest BCUT2D eigenvalue weighted by molar-refractivity contribution is 0.0593. The van der Waals surface area contributed by atoms with E-state index in [1.165, 1.54) is 47.6 Å². The summed E-state index contributed by atoms with van der Waals surface area (Å²) in [4.78, 5) is 52.3. The highest BCUT2D eigenvalue weighted by Gasteiger charge is 2.38. The zero-order valence-corrected chi connectivity index (χ0v) is 20.4. The number of benzene rings is 3. The van der Waals surface area contributed by atoms with Gasteiger partial charge >= 0.3 is 5.97 Å². The van der Waals surface area contributed by atoms with Crippen molar-refractivity contribution in [1.29, 1.82) is 0 Å². The van der Waals surface area contributed by atoms with Crippen molar-refractivity contribution in [1.82, 2.24) is 4.90 Å². The summed E-state index contributed by atoms with van der Waals surface area (Å²) in [5.74, 6) is -0.821. The van der Waals surface area contributed by atoms with Crippen LogP contribution in [0.2, 0.25) is 0 Å². The smallest absolute Gasteiger partial charge is 0.343 e. The van der Waals surface area contributed by atoms with E-state index in [9.17, 15) is 19.2 Å². The van der Waals surface area contributed by atoms with Gasteiger partial charge in [-0.05, 0) is 68.3 Å². The number of amides is 2. The van der Waals surface area contributed by atoms with Crippen molar-refractivity contribution in [2.75, 3.05) is 0 Å². The van der Waals surface area contributed by atoms with Crippen molar-refractivity contribution < 1.29 is 28.3 Å². The molecule has 1 aromatic heterocycles. The molecule has 37 heavy (non-hydrogen) atoms. The van der Waals surface area contributed by atoms with Gasteiger partial charge in [0, 0.05) is 12.1 Å². The fraction of sp³-hybridized carbons (Fsp3) is 0.172. The predicted molar refractivity (Wildman–Crippen MR) is 135 cm³/mol. The fourth-order valence-electron chi connectivity index (χ4n) is 4.17. The number of aryl methyl sites for hydroxylation is 1. The highest BCUT2D eigenvalue weighted by atomic mass is 16.5. The Balaban J connectivity index is 1.37. The molecule has 0 N–H and O–H groups in total. The second kappa shape index (κ2) is 9.39. The van der Waals surface area contributed by atoms with Crippen molar-refractivity contribution in [2.45, 2.75) is 33.2 Å². The van der Waals surface area contributed by atoms with Gasteiger partial charge in [-0.25, -0.2) is 4.79 Å². The first-order valence-electron chi connectivity index (χ1n) is 11.8. The van der Waals surface area contributed by atoms with Crippen LogP contribution in [0.25, 0.3) is 11.0 Å². The number of hydrogen-bond acceptors (Lipinski definition) is 7. The Kier molecular flexibility index (Phi) is 6.09. The molecule has 4 aromatic rings. The van der Waals surface area contributed by atoms with E-state index in [1.54, 1.807) is 19.1 Å². The van der Waals surface area contributed by atoms with Crippen molar-refractivity contribution >= 4 is 28.8 Å². The molecule has 8 nitrogen and oxygen atoms in total. The molecule has 0 fully saturated rings. The van der Waals surface area contributed by atoms with Crippen molar-refractivity contribution in [3.05, 3.63) is 99.4 Å². The maximum atomic E-state index is 12.9. The van der Waals surface area contributed by atoms with Crippen molar-refractivity contribution in [3.63, 3.8) is 0 Å². The zero-order valence-electron chi connectivity index (χ0n) is 20.4. The maximum Gasteiger partial charge on any atom is 0.343 e. The van der Waals surface area contributed by atoms with Gasteiger partial charge in [-0.1, -0.05) is 19.1 Å². The molecule has 0 saturated heterocycles. The summed E-state index contributed by atoms with van der Waals surface area (Å²) >= 11 is 0. The average molecular weight is 498 g/mol. The van der Waals surface area contributed by atoms with E-state index in [0.717, 1.165) is 5.56 Å². The minimum atomic E-state index is -0.717. The van der Waals surface area contributed by atoms with Crippen LogP contribution in [-0.2, 0) is 0 Å². The van der Waals surface area contributed by atoms with Crippen LogP contribution in [0, 0.1) is 6.92 Å². The first kappa shape index (κ1) is 24.0. The van der Waals surface area contributed by atoms with E-state index in [0.29, 0.717) is 12.2 Å². The molecule has 1 aliphatic heterocycles. The zero-order chi connectivity index (χ0) is 26.3. The van der Waals surface area contributed by atoms with Crippen LogP contribution < -0.4 is 14.9 Å². The lowest BCUT2D eigenvalue weighted by Gasteiger charge is -2.20. The third-order valence-corrected chi connectivity index (χ3v) is 6.33. The fourth-order valence-corrected chi connectivity index (χ4v) is 4.17. The number of nitrogens with zero attached hydrogens (tertiary/aromatic N) is 1. The topological polar surface area (TPSA) is 103 Å². The van der Waals surface area contributed by atoms with Crippen LogP contribution in [0.5, 0.6) is 17.2 Å². The standard InChI is InChI=1S/C29H23NO7/c1-4-17(3)30-27(32)21-10-8-18(13-23(21)28(30)33)29(34)37-20-9-11-22-24(14-20)35-15-25(26(22)31)36-19-7-5-6-16(2)12-19/h5-15,17H,4H2,1-3H3/t17-/m1/s1. The SMILES string of the molecule is CC[C@@H](C)N1C(=O)c2ccc(C(=O)Oc3ccc4c(=O)c(Oc5cccc(C)c5)coc4c3)cc2C1=O. The quantitative estimate of drug-likeness (QED) is 0.197. The summed E-state index contributed by atoms with van der Waals surface area (Å²) in [5.41, 5.74) is 1.39. The summed E-state index contributed by atoms with van der Waals surface area (Å²) in [6, 6.07) is 15.7. The van der Waals surface area contributed by atoms with Crippen LogP contribution in [0.15, 0.2) is 76.1 Å². The van der Waals surface area contributed by atoms with Gasteiger partial charge in [-0.3, -0.25) is 19.3 Å². The number of hydrogen-bond donors (Lipinski definition) is 0. The molecule has 0 radical (unpaired) electrons. The summed E-state index contributed by atoms with van der Waals surface area (Å²) in [5, 5.41) is 0.261. The molecular formula is C29H23NO7. The number of esters is 1. The van der Waals surface area contributed by atoms with Gasteiger partial charge in [0.2, 0.25) is 11.2 Å². The molecule has 0 spiro atoms. The van der Waals surface area contributed by atoms with Gasteiger partial charge in [0.1, 0.15) is 23.3 Å². The van der Waals surface area contributed by atoms with E-state index in [-0.39, 0.29) is 56.5 Å². The molecule has 0 saturated carbocycles. The Morgan fingerprint density at radius 3 is 2.49 bits per heavy atom. The number of carbonyl (C=O) groups is 3. The second-order valence-electron chi connectivity index (χ2n) is 8.89. The average Bonchev–Trinajstić information content (AvgIpc) is 3.14. The monoisotopic (exact) mass is 497 g/mol. The molecule has 3 aromatic carbocycles. The summed E-state index contributed by atoms with van der Waals surface area (Å²) in [6.45, 7) is 5.60. The van der Waals surface area contributed by atoms with Crippen molar-refractivity contribution in [2.24, 2.45) is 0 Å². The molecule has 8 heteroatoms. The van der Waals surface area contributed by atoms with Crippen LogP contribution in [0.4, 0.5) is 0 Å². The highest BCUT2D eigenvalue weighted by molar-refractivity contribution is 6.22. The molecule has 0 bridgehead atoms. The number of fused-ring (bicyclic) bond motifs is 2. The Morgan fingerprint density at radius 2 is 1.73 bits per heavy atom. The molecule has 186 valence electrons. The van der Waals surface area contributed by atoms with Crippen molar-refractivity contribution in [3.8, 4) is 17.2 Å². The summed E-state index contributed by atoms with van der Waals surface area (Å²) in [6.07, 6.45) is 1.84. The molecule has 0 aliphatic carbocycles. The van der Waals surface area contributed by atoms with E-state index >= 15 is 0 Å². The minimum Gasteiger partial charge on any atom is -0.460 e. The van der Waals surface area contributed by atoms with Gasteiger partial charge in [0.15, 0.2) is 0 Å². The van der Waals surface area contributed by atoms with E-state index in [2.05, 4.69) is 0 Å². The van der Waals surface area contributed by atoms with Gasteiger partial charge in [0.25, 0.3) is 11.8 Å². The molecule has 5 rings (SSSR count). The molecular weight excluding hydrogens is 474 g/mol. The Hall–Kier alpha value is -4.72. The van der Waals surface area contributed by atoms with Gasteiger partial charge in [-0.2, -0.15) is 0 Å². The van der Waals surface area contributed by atoms with Crippen LogP contribution in [-0.4, -0.2) is 28.7 Å². The minimum absolute atomic E-state index is 0.0339. The van der Waals surface area contributed by atoms with Crippen LogP contribution in [0.1, 0.15) is 56.9 Å². The van der Waals surface area contributed by atoms with Gasteiger partial charge < -0.3 is 13.9 Å². The molecule has 1 atom stereocenters. The molecule has 2 heterocycles. The van der Waals surface area contributed by atoms with Crippen LogP contribution in [0.3, 0.4) is 0 Å². The summed E-state index contributed by atoms with van der Waals surface area (Å²) in [7, 11) is 0. The number of rotatable bonds is 6. The third kappa shape index (κ3) is 4.38. The maximum absolute atomic E-state index is 12.9. The second-order valence-corrected chi connectivity index (χ2v) is 8.89. The van der Waals surface area contributed by atoms with Gasteiger partial charge in [-0.15, -0.1) is 0 Å². The van der Waals surface area contributed by atoms with Gasteiger partial charge in [0.05, 0.1) is 22.1 Å². The van der Waals surface area contributed by atoms with E-state index in [4.69, 9.17) is 13.9 Å². The Labute approximate surface area is 212 Å². The molecule has 2 amide bonds. The van der Waals surface area contributed by atoms with E-state index in [1.807, 2.05) is 26.0 Å². The molecule has 1 aliphatic rings. The first-order chi connectivity index (χ1) is 17.8. The van der Waals surface area contributed by atoms with Crippen LogP contribution >= 0.6 is 0 Å². The Bertz CT molecular complexity index is 1640. The first-order valence-corrected chi connectivity index (χ1v) is 11.8. The highest BCUT2D eigenvalue weighted by Crippen LogP contribution is 2.28. The normalized spacial score (nSPS) is 13.5. The van der Waals surface area contributed by atoms with E-state index < -0.39 is 11.9 Å². The lowest BCUT2D eigenvalue weighted by atomic mass is 10.1. The Morgan fingerprint density at radius 1 is 0.946 bits per heavy atom. The number of ether oxygens (including phenoxy) is 2. The predicted octanol–water partition coefficient (Wildman–Crippen LogP) is 5.51. The third-order valence-electron chi connectivity index (χ3n) is 6.33. The summed E-state index contributed by atoms with van der Waals surface area (Å²) < 4.78 is 16.7.